The molecule has 0 aliphatic carbocycles. The zero-order valence-electron chi connectivity index (χ0n) is 10.1. The highest BCUT2D eigenvalue weighted by Gasteiger charge is 2.15. The second-order valence-electron chi connectivity index (χ2n) is 4.10. The minimum atomic E-state index is -0.612. The van der Waals surface area contributed by atoms with Crippen molar-refractivity contribution in [3.63, 3.8) is 0 Å². The van der Waals surface area contributed by atoms with Crippen molar-refractivity contribution in [1.29, 1.82) is 0 Å². The van der Waals surface area contributed by atoms with Crippen molar-refractivity contribution in [1.82, 2.24) is 24.3 Å². The molecule has 9 heteroatoms. The predicted molar refractivity (Wildman–Crippen MR) is 74.7 cm³/mol. The summed E-state index contributed by atoms with van der Waals surface area (Å²) >= 11 is 11.8. The van der Waals surface area contributed by atoms with Crippen LogP contribution >= 0.6 is 23.2 Å². The van der Waals surface area contributed by atoms with Crippen LogP contribution in [0.4, 0.5) is 0 Å². The summed E-state index contributed by atoms with van der Waals surface area (Å²) in [7, 11) is 1.71. The van der Waals surface area contributed by atoms with Gasteiger partial charge in [-0.15, -0.1) is 0 Å². The number of aromatic nitrogens is 5. The molecule has 0 amide bonds. The average molecular weight is 312 g/mol. The second kappa shape index (κ2) is 4.46. The van der Waals surface area contributed by atoms with Gasteiger partial charge >= 0.3 is 5.69 Å². The molecule has 3 heterocycles. The van der Waals surface area contributed by atoms with Gasteiger partial charge in [0.05, 0.1) is 17.4 Å². The Morgan fingerprint density at radius 2 is 2.05 bits per heavy atom. The zero-order valence-corrected chi connectivity index (χ0v) is 11.6. The summed E-state index contributed by atoms with van der Waals surface area (Å²) < 4.78 is 2.80. The second-order valence-corrected chi connectivity index (χ2v) is 4.84. The molecule has 1 N–H and O–H groups in total. The van der Waals surface area contributed by atoms with E-state index in [9.17, 15) is 9.59 Å². The Bertz CT molecular complexity index is 940. The van der Waals surface area contributed by atoms with E-state index >= 15 is 0 Å². The van der Waals surface area contributed by atoms with Gasteiger partial charge < -0.3 is 0 Å². The SMILES string of the molecule is Cn1cc(-n2c(=O)[nH]c(=O)c3c(Cl)nc(Cl)cc32)cn1. The summed E-state index contributed by atoms with van der Waals surface area (Å²) in [6.45, 7) is 0. The fraction of sp³-hybridized carbons (Fsp3) is 0.0909. The lowest BCUT2D eigenvalue weighted by atomic mass is 10.3. The number of hydrogen-bond donors (Lipinski definition) is 1. The van der Waals surface area contributed by atoms with Crippen molar-refractivity contribution in [2.45, 2.75) is 0 Å². The number of halogens is 2. The summed E-state index contributed by atoms with van der Waals surface area (Å²) in [6.07, 6.45) is 3.11. The summed E-state index contributed by atoms with van der Waals surface area (Å²) in [5, 5.41) is 4.11. The number of nitrogens with one attached hydrogen (secondary N) is 1. The van der Waals surface area contributed by atoms with E-state index in [1.807, 2.05) is 0 Å². The quantitative estimate of drug-likeness (QED) is 0.682. The largest absolute Gasteiger partial charge is 0.333 e. The first-order chi connectivity index (χ1) is 9.47. The van der Waals surface area contributed by atoms with Crippen molar-refractivity contribution in [2.75, 3.05) is 0 Å². The summed E-state index contributed by atoms with van der Waals surface area (Å²) in [4.78, 5) is 29.9. The van der Waals surface area contributed by atoms with Gasteiger partial charge in [0, 0.05) is 19.3 Å². The lowest BCUT2D eigenvalue weighted by molar-refractivity contribution is 0.767. The molecule has 0 aliphatic heterocycles. The first-order valence-electron chi connectivity index (χ1n) is 5.47. The van der Waals surface area contributed by atoms with E-state index < -0.39 is 11.2 Å². The van der Waals surface area contributed by atoms with Crippen molar-refractivity contribution in [2.24, 2.45) is 7.05 Å². The molecule has 3 aromatic heterocycles. The zero-order chi connectivity index (χ0) is 14.4. The Morgan fingerprint density at radius 1 is 1.30 bits per heavy atom. The smallest absolute Gasteiger partial charge is 0.274 e. The average Bonchev–Trinajstić information content (AvgIpc) is 2.74. The van der Waals surface area contributed by atoms with Crippen LogP contribution < -0.4 is 11.2 Å². The number of fused-ring (bicyclic) bond motifs is 1. The highest BCUT2D eigenvalue weighted by Crippen LogP contribution is 2.22. The lowest BCUT2D eigenvalue weighted by Crippen LogP contribution is -2.29. The van der Waals surface area contributed by atoms with Gasteiger partial charge in [0.2, 0.25) is 0 Å². The molecular formula is C11H7Cl2N5O2. The van der Waals surface area contributed by atoms with Crippen LogP contribution in [-0.4, -0.2) is 24.3 Å². The van der Waals surface area contributed by atoms with Crippen LogP contribution in [0.25, 0.3) is 16.6 Å². The van der Waals surface area contributed by atoms with Gasteiger partial charge in [-0.3, -0.25) is 19.0 Å². The third kappa shape index (κ3) is 1.91. The van der Waals surface area contributed by atoms with Gasteiger partial charge in [0.25, 0.3) is 5.56 Å². The maximum absolute atomic E-state index is 12.1. The Morgan fingerprint density at radius 3 is 2.70 bits per heavy atom. The molecule has 102 valence electrons. The number of aromatic amines is 1. The first kappa shape index (κ1) is 12.9. The number of hydrogen-bond acceptors (Lipinski definition) is 4. The monoisotopic (exact) mass is 311 g/mol. The fourth-order valence-corrected chi connectivity index (χ4v) is 2.47. The molecule has 0 unspecified atom stereocenters. The molecule has 3 aromatic rings. The summed E-state index contributed by atoms with van der Waals surface area (Å²) in [6, 6.07) is 1.41. The Balaban J connectivity index is 2.55. The van der Waals surface area contributed by atoms with Gasteiger partial charge in [-0.05, 0) is 0 Å². The highest BCUT2D eigenvalue weighted by atomic mass is 35.5. The van der Waals surface area contributed by atoms with Crippen LogP contribution in [0.1, 0.15) is 0 Å². The molecule has 0 aliphatic rings. The molecule has 0 saturated carbocycles. The van der Waals surface area contributed by atoms with E-state index in [1.165, 1.54) is 21.5 Å². The molecule has 0 atom stereocenters. The molecule has 7 nitrogen and oxygen atoms in total. The van der Waals surface area contributed by atoms with Crippen LogP contribution in [-0.2, 0) is 7.05 Å². The van der Waals surface area contributed by atoms with Crippen molar-refractivity contribution >= 4 is 34.1 Å². The van der Waals surface area contributed by atoms with E-state index in [0.717, 1.165) is 0 Å². The third-order valence-electron chi connectivity index (χ3n) is 2.76. The van der Waals surface area contributed by atoms with Crippen LogP contribution in [0.2, 0.25) is 10.3 Å². The van der Waals surface area contributed by atoms with E-state index in [0.29, 0.717) is 5.69 Å². The minimum absolute atomic E-state index is 0.0635. The number of rotatable bonds is 1. The molecule has 3 rings (SSSR count). The van der Waals surface area contributed by atoms with Gasteiger partial charge in [-0.2, -0.15) is 5.10 Å². The molecule has 0 aromatic carbocycles. The van der Waals surface area contributed by atoms with E-state index in [-0.39, 0.29) is 21.2 Å². The van der Waals surface area contributed by atoms with E-state index in [1.54, 1.807) is 13.2 Å². The molecule has 0 spiro atoms. The van der Waals surface area contributed by atoms with Gasteiger partial charge in [-0.25, -0.2) is 9.78 Å². The number of pyridine rings is 1. The highest BCUT2D eigenvalue weighted by molar-refractivity contribution is 6.36. The van der Waals surface area contributed by atoms with Crippen LogP contribution in [0.3, 0.4) is 0 Å². The molecular weight excluding hydrogens is 305 g/mol. The van der Waals surface area contributed by atoms with Gasteiger partial charge in [0.15, 0.2) is 0 Å². The fourth-order valence-electron chi connectivity index (χ4n) is 1.96. The summed E-state index contributed by atoms with van der Waals surface area (Å²) in [5.74, 6) is 0. The Labute approximate surface area is 121 Å². The molecule has 0 bridgehead atoms. The van der Waals surface area contributed by atoms with Crippen molar-refractivity contribution in [3.8, 4) is 5.69 Å². The molecule has 0 fully saturated rings. The van der Waals surface area contributed by atoms with Crippen molar-refractivity contribution in [3.05, 3.63) is 49.6 Å². The molecule has 0 radical (unpaired) electrons. The van der Waals surface area contributed by atoms with E-state index in [2.05, 4.69) is 15.1 Å². The number of H-pyrrole nitrogens is 1. The third-order valence-corrected chi connectivity index (χ3v) is 3.23. The standard InChI is InChI=1S/C11H7Cl2N5O2/c1-17-4-5(3-14-17)18-6-2-7(12)15-9(13)8(6)10(19)16-11(18)20/h2-4H,1H3,(H,16,19,20). The maximum atomic E-state index is 12.1. The Hall–Kier alpha value is -2.12. The topological polar surface area (TPSA) is 85.6 Å². The normalized spacial score (nSPS) is 11.2. The maximum Gasteiger partial charge on any atom is 0.333 e. The van der Waals surface area contributed by atoms with E-state index in [4.69, 9.17) is 23.2 Å². The minimum Gasteiger partial charge on any atom is -0.274 e. The first-order valence-corrected chi connectivity index (χ1v) is 6.23. The van der Waals surface area contributed by atoms with Crippen LogP contribution in [0.15, 0.2) is 28.0 Å². The molecule has 0 saturated heterocycles. The number of aryl methyl sites for hydroxylation is 1. The van der Waals surface area contributed by atoms with Gasteiger partial charge in [0.1, 0.15) is 15.7 Å². The van der Waals surface area contributed by atoms with Gasteiger partial charge in [-0.1, -0.05) is 23.2 Å². The number of nitrogens with zero attached hydrogens (tertiary/aromatic N) is 4. The Kier molecular flexibility index (Phi) is 2.88. The van der Waals surface area contributed by atoms with Crippen LogP contribution in [0, 0.1) is 0 Å². The lowest BCUT2D eigenvalue weighted by Gasteiger charge is -2.07. The molecule has 20 heavy (non-hydrogen) atoms. The van der Waals surface area contributed by atoms with Crippen molar-refractivity contribution < 1.29 is 0 Å². The van der Waals surface area contributed by atoms with Crippen LogP contribution in [0.5, 0.6) is 0 Å². The summed E-state index contributed by atoms with van der Waals surface area (Å²) in [5.41, 5.74) is -0.457. The predicted octanol–water partition coefficient (Wildman–Crippen LogP) is 1.11.